The van der Waals surface area contributed by atoms with Crippen LogP contribution in [0.5, 0.6) is 0 Å². The molecule has 1 saturated heterocycles. The third-order valence-corrected chi connectivity index (χ3v) is 5.85. The Morgan fingerprint density at radius 1 is 1.19 bits per heavy atom. The second-order valence-corrected chi connectivity index (χ2v) is 7.53. The first kappa shape index (κ1) is 15.1. The molecule has 2 aliphatic rings. The van der Waals surface area contributed by atoms with Gasteiger partial charge in [-0.05, 0) is 37.7 Å². The van der Waals surface area contributed by atoms with Gasteiger partial charge in [-0.3, -0.25) is 4.90 Å². The summed E-state index contributed by atoms with van der Waals surface area (Å²) in [4.78, 5) is 2.73. The Labute approximate surface area is 129 Å². The van der Waals surface area contributed by atoms with Crippen LogP contribution in [0.4, 0.5) is 0 Å². The van der Waals surface area contributed by atoms with E-state index in [1.807, 2.05) is 0 Å². The molecule has 1 aromatic carbocycles. The molecule has 2 nitrogen and oxygen atoms in total. The van der Waals surface area contributed by atoms with E-state index in [9.17, 15) is 0 Å². The Bertz CT molecular complexity index is 458. The molecule has 2 heteroatoms. The number of hydrogen-bond donors (Lipinski definition) is 1. The first-order chi connectivity index (χ1) is 10.1. The molecule has 1 N–H and O–H groups in total. The Morgan fingerprint density at radius 2 is 1.95 bits per heavy atom. The van der Waals surface area contributed by atoms with E-state index in [-0.39, 0.29) is 5.54 Å². The predicted molar refractivity (Wildman–Crippen MR) is 89.3 cm³/mol. The molecule has 0 amide bonds. The van der Waals surface area contributed by atoms with Crippen LogP contribution in [0.15, 0.2) is 30.3 Å². The molecule has 2 fully saturated rings. The number of hydrogen-bond acceptors (Lipinski definition) is 2. The van der Waals surface area contributed by atoms with Crippen LogP contribution < -0.4 is 5.32 Å². The summed E-state index contributed by atoms with van der Waals surface area (Å²) in [7, 11) is 0. The molecule has 4 atom stereocenters. The molecule has 1 aromatic rings. The lowest BCUT2D eigenvalue weighted by Gasteiger charge is -2.46. The average molecular weight is 286 g/mol. The maximum absolute atomic E-state index is 3.79. The molecule has 0 radical (unpaired) electrons. The molecule has 3 rings (SSSR count). The number of rotatable bonds is 3. The van der Waals surface area contributed by atoms with Crippen LogP contribution in [0.3, 0.4) is 0 Å². The molecule has 0 spiro atoms. The van der Waals surface area contributed by atoms with Gasteiger partial charge in [0.2, 0.25) is 0 Å². The maximum Gasteiger partial charge on any atom is 0.0535 e. The number of nitrogens with one attached hydrogen (secondary N) is 1. The van der Waals surface area contributed by atoms with Gasteiger partial charge in [-0.15, -0.1) is 0 Å². The minimum absolute atomic E-state index is 0.0929. The SMILES string of the molecule is CC1CCCC1CN1CC(C)(c2ccccc2)NCC1C. The molecule has 21 heavy (non-hydrogen) atoms. The summed E-state index contributed by atoms with van der Waals surface area (Å²) >= 11 is 0. The molecule has 0 aromatic heterocycles. The lowest BCUT2D eigenvalue weighted by atomic mass is 9.87. The summed E-state index contributed by atoms with van der Waals surface area (Å²) in [6, 6.07) is 11.6. The summed E-state index contributed by atoms with van der Waals surface area (Å²) in [6.07, 6.45) is 4.29. The van der Waals surface area contributed by atoms with Crippen LogP contribution in [0, 0.1) is 11.8 Å². The van der Waals surface area contributed by atoms with Crippen molar-refractivity contribution in [2.75, 3.05) is 19.6 Å². The molecular formula is C19H30N2. The average Bonchev–Trinajstić information content (AvgIpc) is 2.89. The van der Waals surface area contributed by atoms with Crippen LogP contribution in [0.25, 0.3) is 0 Å². The molecule has 0 bridgehead atoms. The Balaban J connectivity index is 1.72. The predicted octanol–water partition coefficient (Wildman–Crippen LogP) is 3.63. The van der Waals surface area contributed by atoms with Crippen molar-refractivity contribution in [2.24, 2.45) is 11.8 Å². The fourth-order valence-corrected chi connectivity index (χ4v) is 4.16. The fourth-order valence-electron chi connectivity index (χ4n) is 4.16. The summed E-state index contributed by atoms with van der Waals surface area (Å²) in [6.45, 7) is 10.7. The summed E-state index contributed by atoms with van der Waals surface area (Å²) < 4.78 is 0. The van der Waals surface area contributed by atoms with Gasteiger partial charge in [0, 0.05) is 25.7 Å². The van der Waals surface area contributed by atoms with Gasteiger partial charge in [0.25, 0.3) is 0 Å². The third-order valence-electron chi connectivity index (χ3n) is 5.85. The molecular weight excluding hydrogens is 256 g/mol. The van der Waals surface area contributed by atoms with E-state index in [1.54, 1.807) is 0 Å². The van der Waals surface area contributed by atoms with Crippen molar-refractivity contribution in [2.45, 2.75) is 51.6 Å². The third kappa shape index (κ3) is 3.17. The first-order valence-electron chi connectivity index (χ1n) is 8.63. The van der Waals surface area contributed by atoms with Gasteiger partial charge in [0.1, 0.15) is 0 Å². The van der Waals surface area contributed by atoms with E-state index in [1.165, 1.54) is 31.4 Å². The van der Waals surface area contributed by atoms with E-state index in [2.05, 4.69) is 61.3 Å². The first-order valence-corrected chi connectivity index (χ1v) is 8.63. The fraction of sp³-hybridized carbons (Fsp3) is 0.684. The van der Waals surface area contributed by atoms with Crippen molar-refractivity contribution < 1.29 is 0 Å². The van der Waals surface area contributed by atoms with E-state index in [4.69, 9.17) is 0 Å². The topological polar surface area (TPSA) is 15.3 Å². The smallest absolute Gasteiger partial charge is 0.0535 e. The molecule has 4 unspecified atom stereocenters. The zero-order chi connectivity index (χ0) is 14.9. The van der Waals surface area contributed by atoms with Crippen molar-refractivity contribution in [1.29, 1.82) is 0 Å². The van der Waals surface area contributed by atoms with Crippen LogP contribution >= 0.6 is 0 Å². The van der Waals surface area contributed by atoms with E-state index in [0.29, 0.717) is 6.04 Å². The highest BCUT2D eigenvalue weighted by Gasteiger charge is 2.37. The van der Waals surface area contributed by atoms with Gasteiger partial charge in [0.05, 0.1) is 5.54 Å². The van der Waals surface area contributed by atoms with E-state index < -0.39 is 0 Å². The Hall–Kier alpha value is -0.860. The number of nitrogens with zero attached hydrogens (tertiary/aromatic N) is 1. The quantitative estimate of drug-likeness (QED) is 0.913. The normalized spacial score (nSPS) is 37.8. The van der Waals surface area contributed by atoms with Crippen LogP contribution in [-0.2, 0) is 5.54 Å². The van der Waals surface area contributed by atoms with Crippen LogP contribution in [-0.4, -0.2) is 30.6 Å². The molecule has 1 aliphatic carbocycles. The van der Waals surface area contributed by atoms with Gasteiger partial charge in [-0.1, -0.05) is 50.1 Å². The van der Waals surface area contributed by atoms with Crippen LogP contribution in [0.1, 0.15) is 45.6 Å². The highest BCUT2D eigenvalue weighted by molar-refractivity contribution is 5.25. The lowest BCUT2D eigenvalue weighted by molar-refractivity contribution is 0.0733. The largest absolute Gasteiger partial charge is 0.305 e. The standard InChI is InChI=1S/C19H30N2/c1-15-8-7-9-17(15)13-21-14-19(3,20-12-16(21)2)18-10-5-4-6-11-18/h4-6,10-11,15-17,20H,7-9,12-14H2,1-3H3. The maximum atomic E-state index is 3.79. The van der Waals surface area contributed by atoms with Crippen molar-refractivity contribution in [3.8, 4) is 0 Å². The highest BCUT2D eigenvalue weighted by atomic mass is 15.2. The van der Waals surface area contributed by atoms with Gasteiger partial charge < -0.3 is 5.32 Å². The second kappa shape index (κ2) is 6.10. The van der Waals surface area contributed by atoms with Crippen molar-refractivity contribution in [1.82, 2.24) is 10.2 Å². The molecule has 1 saturated carbocycles. The molecule has 116 valence electrons. The van der Waals surface area contributed by atoms with Crippen molar-refractivity contribution >= 4 is 0 Å². The number of benzene rings is 1. The van der Waals surface area contributed by atoms with E-state index >= 15 is 0 Å². The summed E-state index contributed by atoms with van der Waals surface area (Å²) in [5, 5.41) is 3.79. The van der Waals surface area contributed by atoms with Gasteiger partial charge in [-0.2, -0.15) is 0 Å². The zero-order valence-electron chi connectivity index (χ0n) is 13.8. The Morgan fingerprint density at radius 3 is 2.62 bits per heavy atom. The van der Waals surface area contributed by atoms with Crippen molar-refractivity contribution in [3.63, 3.8) is 0 Å². The highest BCUT2D eigenvalue weighted by Crippen LogP contribution is 2.34. The minimum atomic E-state index is 0.0929. The number of piperazine rings is 1. The zero-order valence-corrected chi connectivity index (χ0v) is 13.8. The minimum Gasteiger partial charge on any atom is -0.305 e. The van der Waals surface area contributed by atoms with Crippen molar-refractivity contribution in [3.05, 3.63) is 35.9 Å². The molecule has 1 aliphatic heterocycles. The summed E-state index contributed by atoms with van der Waals surface area (Å²) in [5.41, 5.74) is 1.51. The lowest BCUT2D eigenvalue weighted by Crippen LogP contribution is -2.61. The summed E-state index contributed by atoms with van der Waals surface area (Å²) in [5.74, 6) is 1.82. The second-order valence-electron chi connectivity index (χ2n) is 7.53. The Kier molecular flexibility index (Phi) is 4.37. The van der Waals surface area contributed by atoms with E-state index in [0.717, 1.165) is 24.9 Å². The van der Waals surface area contributed by atoms with Gasteiger partial charge in [-0.25, -0.2) is 0 Å². The monoisotopic (exact) mass is 286 g/mol. The molecule has 1 heterocycles. The van der Waals surface area contributed by atoms with Gasteiger partial charge >= 0.3 is 0 Å². The van der Waals surface area contributed by atoms with Crippen LogP contribution in [0.2, 0.25) is 0 Å². The van der Waals surface area contributed by atoms with Gasteiger partial charge in [0.15, 0.2) is 0 Å².